The SMILES string of the molecule is O=C(Nc1ccc([N+](=O)[O-])cc1)C(=O)Nc1cccc(F)c1. The predicted molar refractivity (Wildman–Crippen MR) is 76.8 cm³/mol. The number of carbonyl (C=O) groups is 2. The monoisotopic (exact) mass is 303 g/mol. The number of nitro benzene ring substituents is 1. The first-order valence-corrected chi connectivity index (χ1v) is 6.08. The van der Waals surface area contributed by atoms with Gasteiger partial charge in [0.25, 0.3) is 5.69 Å². The van der Waals surface area contributed by atoms with Crippen LogP contribution >= 0.6 is 0 Å². The van der Waals surface area contributed by atoms with E-state index in [0.717, 1.165) is 6.07 Å². The zero-order valence-corrected chi connectivity index (χ0v) is 11.1. The maximum Gasteiger partial charge on any atom is 0.314 e. The normalized spacial score (nSPS) is 9.86. The van der Waals surface area contributed by atoms with E-state index in [1.54, 1.807) is 0 Å². The molecule has 0 aliphatic rings. The Morgan fingerprint density at radius 1 is 0.955 bits per heavy atom. The summed E-state index contributed by atoms with van der Waals surface area (Å²) in [6.07, 6.45) is 0. The first-order valence-electron chi connectivity index (χ1n) is 6.08. The largest absolute Gasteiger partial charge is 0.318 e. The summed E-state index contributed by atoms with van der Waals surface area (Å²) >= 11 is 0. The number of halogens is 1. The van der Waals surface area contributed by atoms with Gasteiger partial charge in [-0.3, -0.25) is 19.7 Å². The highest BCUT2D eigenvalue weighted by Crippen LogP contribution is 2.15. The highest BCUT2D eigenvalue weighted by molar-refractivity contribution is 6.43. The molecule has 0 aliphatic heterocycles. The van der Waals surface area contributed by atoms with E-state index in [1.807, 2.05) is 0 Å². The third-order valence-corrected chi connectivity index (χ3v) is 2.62. The molecule has 0 atom stereocenters. The maximum absolute atomic E-state index is 13.0. The molecule has 112 valence electrons. The first kappa shape index (κ1) is 15.1. The van der Waals surface area contributed by atoms with Gasteiger partial charge < -0.3 is 10.6 Å². The van der Waals surface area contributed by atoms with E-state index in [0.29, 0.717) is 0 Å². The number of nitrogens with one attached hydrogen (secondary N) is 2. The molecule has 0 unspecified atom stereocenters. The van der Waals surface area contributed by atoms with Gasteiger partial charge >= 0.3 is 11.8 Å². The van der Waals surface area contributed by atoms with E-state index in [4.69, 9.17) is 0 Å². The van der Waals surface area contributed by atoms with Gasteiger partial charge in [-0.05, 0) is 30.3 Å². The Morgan fingerprint density at radius 3 is 2.09 bits per heavy atom. The van der Waals surface area contributed by atoms with E-state index < -0.39 is 22.6 Å². The van der Waals surface area contributed by atoms with Crippen LogP contribution < -0.4 is 10.6 Å². The second-order valence-electron chi connectivity index (χ2n) is 4.22. The predicted octanol–water partition coefficient (Wildman–Crippen LogP) is 2.31. The van der Waals surface area contributed by atoms with Crippen molar-refractivity contribution in [3.63, 3.8) is 0 Å². The fraction of sp³-hybridized carbons (Fsp3) is 0. The Balaban J connectivity index is 1.99. The molecule has 0 heterocycles. The number of nitro groups is 1. The van der Waals surface area contributed by atoms with Crippen LogP contribution in [0.2, 0.25) is 0 Å². The number of hydrogen-bond acceptors (Lipinski definition) is 4. The summed E-state index contributed by atoms with van der Waals surface area (Å²) in [5.41, 5.74) is 0.232. The Hall–Kier alpha value is -3.29. The average molecular weight is 303 g/mol. The van der Waals surface area contributed by atoms with Crippen LogP contribution in [0.25, 0.3) is 0 Å². The second kappa shape index (κ2) is 6.44. The highest BCUT2D eigenvalue weighted by Gasteiger charge is 2.15. The van der Waals surface area contributed by atoms with Crippen LogP contribution in [0, 0.1) is 15.9 Å². The Morgan fingerprint density at radius 2 is 1.55 bits per heavy atom. The lowest BCUT2D eigenvalue weighted by atomic mass is 10.3. The summed E-state index contributed by atoms with van der Waals surface area (Å²) in [6, 6.07) is 10.1. The molecular weight excluding hydrogens is 293 g/mol. The minimum atomic E-state index is -0.982. The summed E-state index contributed by atoms with van der Waals surface area (Å²) in [5, 5.41) is 15.0. The average Bonchev–Trinajstić information content (AvgIpc) is 2.47. The molecule has 0 radical (unpaired) electrons. The number of nitrogens with zero attached hydrogens (tertiary/aromatic N) is 1. The lowest BCUT2D eigenvalue weighted by Crippen LogP contribution is -2.29. The molecule has 2 aromatic rings. The van der Waals surface area contributed by atoms with Gasteiger partial charge in [0.05, 0.1) is 4.92 Å². The summed E-state index contributed by atoms with van der Waals surface area (Å²) in [7, 11) is 0. The molecule has 0 aromatic heterocycles. The van der Waals surface area contributed by atoms with Gasteiger partial charge in [-0.1, -0.05) is 6.07 Å². The number of non-ortho nitro benzene ring substituents is 1. The van der Waals surface area contributed by atoms with E-state index in [-0.39, 0.29) is 17.1 Å². The van der Waals surface area contributed by atoms with Crippen molar-refractivity contribution in [1.82, 2.24) is 0 Å². The topological polar surface area (TPSA) is 101 Å². The standard InChI is InChI=1S/C14H10FN3O4/c15-9-2-1-3-11(8-9)17-14(20)13(19)16-10-4-6-12(7-5-10)18(21)22/h1-8H,(H,16,19)(H,17,20). The zero-order valence-electron chi connectivity index (χ0n) is 11.1. The minimum Gasteiger partial charge on any atom is -0.318 e. The van der Waals surface area contributed by atoms with Gasteiger partial charge in [0, 0.05) is 23.5 Å². The Kier molecular flexibility index (Phi) is 4.42. The molecule has 2 N–H and O–H groups in total. The van der Waals surface area contributed by atoms with Gasteiger partial charge in [-0.2, -0.15) is 0 Å². The van der Waals surface area contributed by atoms with Gasteiger partial charge in [0.2, 0.25) is 0 Å². The smallest absolute Gasteiger partial charge is 0.314 e. The molecule has 2 aromatic carbocycles. The molecule has 0 saturated heterocycles. The second-order valence-corrected chi connectivity index (χ2v) is 4.22. The number of hydrogen-bond donors (Lipinski definition) is 2. The molecule has 22 heavy (non-hydrogen) atoms. The van der Waals surface area contributed by atoms with Crippen LogP contribution in [0.4, 0.5) is 21.5 Å². The number of carbonyl (C=O) groups excluding carboxylic acids is 2. The number of benzene rings is 2. The Labute approximate surface area is 123 Å². The van der Waals surface area contributed by atoms with Crippen molar-refractivity contribution in [2.24, 2.45) is 0 Å². The van der Waals surface area contributed by atoms with Crippen molar-refractivity contribution in [1.29, 1.82) is 0 Å². The fourth-order valence-electron chi connectivity index (χ4n) is 1.61. The van der Waals surface area contributed by atoms with Gasteiger partial charge in [0.15, 0.2) is 0 Å². The van der Waals surface area contributed by atoms with Crippen LogP contribution in [0.15, 0.2) is 48.5 Å². The van der Waals surface area contributed by atoms with Crippen molar-refractivity contribution in [3.05, 3.63) is 64.5 Å². The molecule has 0 saturated carbocycles. The molecule has 2 rings (SSSR count). The van der Waals surface area contributed by atoms with Crippen molar-refractivity contribution in [2.75, 3.05) is 10.6 Å². The quantitative estimate of drug-likeness (QED) is 0.516. The van der Waals surface area contributed by atoms with Gasteiger partial charge in [-0.15, -0.1) is 0 Å². The summed E-state index contributed by atoms with van der Waals surface area (Å²) in [5.74, 6) is -2.50. The Bertz CT molecular complexity index is 731. The van der Waals surface area contributed by atoms with Gasteiger partial charge in [-0.25, -0.2) is 4.39 Å². The molecule has 0 aliphatic carbocycles. The molecule has 8 heteroatoms. The van der Waals surface area contributed by atoms with E-state index in [9.17, 15) is 24.1 Å². The molecule has 0 fully saturated rings. The molecule has 0 spiro atoms. The molecule has 0 bridgehead atoms. The van der Waals surface area contributed by atoms with Crippen LogP contribution in [0.5, 0.6) is 0 Å². The summed E-state index contributed by atoms with van der Waals surface area (Å²) in [6.45, 7) is 0. The van der Waals surface area contributed by atoms with Crippen LogP contribution in [-0.4, -0.2) is 16.7 Å². The number of amides is 2. The zero-order chi connectivity index (χ0) is 16.1. The molecule has 7 nitrogen and oxygen atoms in total. The van der Waals surface area contributed by atoms with E-state index >= 15 is 0 Å². The third kappa shape index (κ3) is 3.85. The lowest BCUT2D eigenvalue weighted by molar-refractivity contribution is -0.384. The van der Waals surface area contributed by atoms with Crippen LogP contribution in [-0.2, 0) is 9.59 Å². The highest BCUT2D eigenvalue weighted by atomic mass is 19.1. The van der Waals surface area contributed by atoms with E-state index in [1.165, 1.54) is 42.5 Å². The van der Waals surface area contributed by atoms with Crippen molar-refractivity contribution in [2.45, 2.75) is 0 Å². The van der Waals surface area contributed by atoms with Crippen molar-refractivity contribution < 1.29 is 18.9 Å². The minimum absolute atomic E-state index is 0.137. The fourth-order valence-corrected chi connectivity index (χ4v) is 1.61. The summed E-state index contributed by atoms with van der Waals surface area (Å²) in [4.78, 5) is 33.2. The van der Waals surface area contributed by atoms with Crippen molar-refractivity contribution in [3.8, 4) is 0 Å². The number of rotatable bonds is 3. The molecular formula is C14H10FN3O4. The maximum atomic E-state index is 13.0. The van der Waals surface area contributed by atoms with Gasteiger partial charge in [0.1, 0.15) is 5.82 Å². The van der Waals surface area contributed by atoms with E-state index in [2.05, 4.69) is 10.6 Å². The number of anilines is 2. The van der Waals surface area contributed by atoms with Crippen LogP contribution in [0.1, 0.15) is 0 Å². The van der Waals surface area contributed by atoms with Crippen LogP contribution in [0.3, 0.4) is 0 Å². The first-order chi connectivity index (χ1) is 10.5. The summed E-state index contributed by atoms with van der Waals surface area (Å²) < 4.78 is 13.0. The van der Waals surface area contributed by atoms with Crippen molar-refractivity contribution >= 4 is 28.9 Å². The lowest BCUT2D eigenvalue weighted by Gasteiger charge is -2.06. The molecule has 2 amide bonds. The third-order valence-electron chi connectivity index (χ3n) is 2.62.